The predicted octanol–water partition coefficient (Wildman–Crippen LogP) is 2.14. The van der Waals surface area contributed by atoms with Crippen LogP contribution in [-0.2, 0) is 11.3 Å². The highest BCUT2D eigenvalue weighted by Gasteiger charge is 2.23. The molecule has 1 aromatic carbocycles. The highest BCUT2D eigenvalue weighted by Crippen LogP contribution is 2.20. The number of likely N-dealkylation sites (N-methyl/N-ethyl adjacent to an activating group) is 2. The molecule has 0 saturated heterocycles. The maximum Gasteiger partial charge on any atom is 0.239 e. The van der Waals surface area contributed by atoms with Crippen molar-refractivity contribution in [2.24, 2.45) is 0 Å². The molecule has 21 heavy (non-hydrogen) atoms. The molecule has 1 aromatic rings. The van der Waals surface area contributed by atoms with Gasteiger partial charge in [-0.2, -0.15) is 0 Å². The van der Waals surface area contributed by atoms with Gasteiger partial charge >= 0.3 is 0 Å². The number of benzene rings is 1. The second-order valence-electron chi connectivity index (χ2n) is 4.92. The van der Waals surface area contributed by atoms with Crippen LogP contribution in [0.3, 0.4) is 0 Å². The van der Waals surface area contributed by atoms with E-state index < -0.39 is 5.82 Å². The van der Waals surface area contributed by atoms with Crippen molar-refractivity contribution in [1.82, 2.24) is 9.80 Å². The van der Waals surface area contributed by atoms with Crippen molar-refractivity contribution < 1.29 is 14.3 Å². The number of amides is 1. The Morgan fingerprint density at radius 2 is 2.14 bits per heavy atom. The third-order valence-electron chi connectivity index (χ3n) is 3.53. The van der Waals surface area contributed by atoms with E-state index in [4.69, 9.17) is 16.7 Å². The fraction of sp³-hybridized carbons (Fsp3) is 0.533. The Kier molecular flexibility index (Phi) is 7.08. The Morgan fingerprint density at radius 3 is 2.67 bits per heavy atom. The van der Waals surface area contributed by atoms with E-state index in [1.807, 2.05) is 11.8 Å². The molecule has 118 valence electrons. The Bertz CT molecular complexity index is 464. The van der Waals surface area contributed by atoms with Crippen LogP contribution >= 0.6 is 11.6 Å². The molecule has 6 heteroatoms. The van der Waals surface area contributed by atoms with Gasteiger partial charge in [0, 0.05) is 30.7 Å². The molecule has 0 fully saturated rings. The lowest BCUT2D eigenvalue weighted by molar-refractivity contribution is -0.135. The van der Waals surface area contributed by atoms with Crippen molar-refractivity contribution in [3.63, 3.8) is 0 Å². The zero-order valence-electron chi connectivity index (χ0n) is 12.6. The maximum absolute atomic E-state index is 13.8. The number of hydrogen-bond donors (Lipinski definition) is 1. The number of rotatable bonds is 7. The van der Waals surface area contributed by atoms with E-state index >= 15 is 0 Å². The van der Waals surface area contributed by atoms with Gasteiger partial charge in [0.05, 0.1) is 12.6 Å². The Hall–Kier alpha value is -1.17. The average molecular weight is 317 g/mol. The molecule has 0 saturated carbocycles. The summed E-state index contributed by atoms with van der Waals surface area (Å²) in [5.74, 6) is -0.554. The molecular formula is C15H22ClFN2O2. The van der Waals surface area contributed by atoms with Gasteiger partial charge in [-0.15, -0.1) is 0 Å². The monoisotopic (exact) mass is 316 g/mol. The SMILES string of the molecule is CCN(CCO)C(C)C(=O)N(C)Cc1c(F)cccc1Cl. The minimum atomic E-state index is -0.419. The fourth-order valence-electron chi connectivity index (χ4n) is 2.23. The average Bonchev–Trinajstić information content (AvgIpc) is 2.47. The minimum Gasteiger partial charge on any atom is -0.395 e. The van der Waals surface area contributed by atoms with Gasteiger partial charge in [-0.25, -0.2) is 4.39 Å². The summed E-state index contributed by atoms with van der Waals surface area (Å²) in [6, 6.07) is 4.09. The molecule has 0 aliphatic carbocycles. The van der Waals surface area contributed by atoms with Gasteiger partial charge in [-0.05, 0) is 25.6 Å². The van der Waals surface area contributed by atoms with Crippen LogP contribution in [0.15, 0.2) is 18.2 Å². The largest absolute Gasteiger partial charge is 0.395 e. The number of hydrogen-bond acceptors (Lipinski definition) is 3. The second-order valence-corrected chi connectivity index (χ2v) is 5.33. The van der Waals surface area contributed by atoms with E-state index in [0.29, 0.717) is 23.7 Å². The summed E-state index contributed by atoms with van der Waals surface area (Å²) in [6.45, 7) is 4.90. The molecular weight excluding hydrogens is 295 g/mol. The van der Waals surface area contributed by atoms with Gasteiger partial charge in [-0.1, -0.05) is 24.6 Å². The molecule has 1 unspecified atom stereocenters. The first-order valence-electron chi connectivity index (χ1n) is 6.95. The number of carbonyl (C=O) groups is 1. The maximum atomic E-state index is 13.8. The summed E-state index contributed by atoms with van der Waals surface area (Å²) in [4.78, 5) is 15.7. The number of nitrogens with zero attached hydrogens (tertiary/aromatic N) is 2. The first-order chi connectivity index (χ1) is 9.92. The predicted molar refractivity (Wildman–Crippen MR) is 81.7 cm³/mol. The quantitative estimate of drug-likeness (QED) is 0.838. The number of aliphatic hydroxyl groups excluding tert-OH is 1. The van der Waals surface area contributed by atoms with E-state index in [-0.39, 0.29) is 25.1 Å². The zero-order chi connectivity index (χ0) is 16.0. The Morgan fingerprint density at radius 1 is 1.48 bits per heavy atom. The Balaban J connectivity index is 2.78. The van der Waals surface area contributed by atoms with E-state index in [1.54, 1.807) is 20.0 Å². The highest BCUT2D eigenvalue weighted by molar-refractivity contribution is 6.31. The molecule has 1 N–H and O–H groups in total. The van der Waals surface area contributed by atoms with Crippen LogP contribution in [-0.4, -0.2) is 53.6 Å². The summed E-state index contributed by atoms with van der Waals surface area (Å²) in [6.07, 6.45) is 0. The van der Waals surface area contributed by atoms with Crippen molar-refractivity contribution in [2.45, 2.75) is 26.4 Å². The lowest BCUT2D eigenvalue weighted by Crippen LogP contribution is -2.46. The summed E-state index contributed by atoms with van der Waals surface area (Å²) in [5.41, 5.74) is 0.312. The van der Waals surface area contributed by atoms with E-state index in [2.05, 4.69) is 0 Å². The molecule has 1 atom stereocenters. The molecule has 1 amide bonds. The van der Waals surface area contributed by atoms with Crippen LogP contribution in [0.1, 0.15) is 19.4 Å². The van der Waals surface area contributed by atoms with Crippen LogP contribution in [0, 0.1) is 5.82 Å². The summed E-state index contributed by atoms with van der Waals surface area (Å²) >= 11 is 5.98. The van der Waals surface area contributed by atoms with Gasteiger partial charge in [0.25, 0.3) is 0 Å². The van der Waals surface area contributed by atoms with Crippen molar-refractivity contribution in [3.05, 3.63) is 34.6 Å². The van der Waals surface area contributed by atoms with Gasteiger partial charge in [0.1, 0.15) is 5.82 Å². The van der Waals surface area contributed by atoms with E-state index in [9.17, 15) is 9.18 Å². The first-order valence-corrected chi connectivity index (χ1v) is 7.32. The number of carbonyl (C=O) groups excluding carboxylic acids is 1. The van der Waals surface area contributed by atoms with E-state index in [1.165, 1.54) is 17.0 Å². The highest BCUT2D eigenvalue weighted by atomic mass is 35.5. The van der Waals surface area contributed by atoms with Gasteiger partial charge < -0.3 is 10.0 Å². The first kappa shape index (κ1) is 17.9. The second kappa shape index (κ2) is 8.32. The molecule has 0 aliphatic heterocycles. The van der Waals surface area contributed by atoms with Crippen molar-refractivity contribution in [1.29, 1.82) is 0 Å². The summed E-state index contributed by atoms with van der Waals surface area (Å²) < 4.78 is 13.8. The topological polar surface area (TPSA) is 43.8 Å². The molecule has 0 aromatic heterocycles. The van der Waals surface area contributed by atoms with Crippen molar-refractivity contribution in [2.75, 3.05) is 26.7 Å². The Labute approximate surface area is 130 Å². The molecule has 0 radical (unpaired) electrons. The van der Waals surface area contributed by atoms with Crippen LogP contribution < -0.4 is 0 Å². The molecule has 0 spiro atoms. The number of halogens is 2. The van der Waals surface area contributed by atoms with Crippen LogP contribution in [0.4, 0.5) is 4.39 Å². The molecule has 4 nitrogen and oxygen atoms in total. The molecule has 0 aliphatic rings. The van der Waals surface area contributed by atoms with Crippen molar-refractivity contribution >= 4 is 17.5 Å². The van der Waals surface area contributed by atoms with Gasteiger partial charge in [0.2, 0.25) is 5.91 Å². The van der Waals surface area contributed by atoms with Gasteiger partial charge in [-0.3, -0.25) is 9.69 Å². The lowest BCUT2D eigenvalue weighted by atomic mass is 10.1. The van der Waals surface area contributed by atoms with E-state index in [0.717, 1.165) is 0 Å². The number of aliphatic hydroxyl groups is 1. The standard InChI is InChI=1S/C15H22ClFN2O2/c1-4-19(8-9-20)11(2)15(21)18(3)10-12-13(16)6-5-7-14(12)17/h5-7,11,20H,4,8-10H2,1-3H3. The van der Waals surface area contributed by atoms with Crippen molar-refractivity contribution in [3.8, 4) is 0 Å². The fourth-order valence-corrected chi connectivity index (χ4v) is 2.45. The third kappa shape index (κ3) is 4.66. The minimum absolute atomic E-state index is 0.00564. The van der Waals surface area contributed by atoms with Crippen LogP contribution in [0.5, 0.6) is 0 Å². The molecule has 0 heterocycles. The summed E-state index contributed by atoms with van der Waals surface area (Å²) in [7, 11) is 1.62. The normalized spacial score (nSPS) is 12.5. The third-order valence-corrected chi connectivity index (χ3v) is 3.89. The van der Waals surface area contributed by atoms with Crippen LogP contribution in [0.25, 0.3) is 0 Å². The smallest absolute Gasteiger partial charge is 0.239 e. The molecule has 1 rings (SSSR count). The zero-order valence-corrected chi connectivity index (χ0v) is 13.4. The summed E-state index contributed by atoms with van der Waals surface area (Å²) in [5, 5.41) is 9.32. The van der Waals surface area contributed by atoms with Crippen LogP contribution in [0.2, 0.25) is 5.02 Å². The van der Waals surface area contributed by atoms with Gasteiger partial charge in [0.15, 0.2) is 0 Å². The molecule has 0 bridgehead atoms. The lowest BCUT2D eigenvalue weighted by Gasteiger charge is -2.30.